The molecular formula is C18H30ClN3O2. The Morgan fingerprint density at radius 3 is 2.38 bits per heavy atom. The number of anilines is 1. The topological polar surface area (TPSA) is 84.2 Å². The van der Waals surface area contributed by atoms with Gasteiger partial charge in [0.1, 0.15) is 0 Å². The van der Waals surface area contributed by atoms with Crippen molar-refractivity contribution in [3.8, 4) is 0 Å². The van der Waals surface area contributed by atoms with Crippen LogP contribution in [0, 0.1) is 11.8 Å². The third-order valence-corrected chi connectivity index (χ3v) is 4.28. The summed E-state index contributed by atoms with van der Waals surface area (Å²) in [6.07, 6.45) is 1.67. The van der Waals surface area contributed by atoms with Gasteiger partial charge in [-0.25, -0.2) is 0 Å². The minimum absolute atomic E-state index is 0. The van der Waals surface area contributed by atoms with E-state index in [9.17, 15) is 9.59 Å². The highest BCUT2D eigenvalue weighted by Gasteiger charge is 2.18. The first-order chi connectivity index (χ1) is 10.9. The van der Waals surface area contributed by atoms with Crippen LogP contribution in [0.15, 0.2) is 24.3 Å². The van der Waals surface area contributed by atoms with Crippen LogP contribution >= 0.6 is 12.4 Å². The molecule has 3 unspecified atom stereocenters. The number of carbonyl (C=O) groups is 2. The second-order valence-electron chi connectivity index (χ2n) is 6.13. The van der Waals surface area contributed by atoms with E-state index in [-0.39, 0.29) is 36.1 Å². The molecule has 0 spiro atoms. The third kappa shape index (κ3) is 6.89. The number of halogens is 1. The lowest BCUT2D eigenvalue weighted by Crippen LogP contribution is -2.44. The number of amides is 2. The number of rotatable bonds is 8. The highest BCUT2D eigenvalue weighted by Crippen LogP contribution is 2.13. The standard InChI is InChI=1S/C18H29N3O2.ClH/c1-5-12(3)16(19)18(23)20-11-14-8-7-9-15(10-14)21-17(22)13(4)6-2;/h7-10,12-13,16H,5-6,11,19H2,1-4H3,(H,20,23)(H,21,22);1H. The van der Waals surface area contributed by atoms with Crippen molar-refractivity contribution >= 4 is 29.9 Å². The monoisotopic (exact) mass is 355 g/mol. The zero-order chi connectivity index (χ0) is 17.4. The molecule has 0 aliphatic carbocycles. The predicted octanol–water partition coefficient (Wildman–Crippen LogP) is 3.08. The van der Waals surface area contributed by atoms with E-state index >= 15 is 0 Å². The highest BCUT2D eigenvalue weighted by atomic mass is 35.5. The number of nitrogens with two attached hydrogens (primary N) is 1. The van der Waals surface area contributed by atoms with Crippen molar-refractivity contribution in [1.82, 2.24) is 5.32 Å². The molecule has 24 heavy (non-hydrogen) atoms. The Bertz CT molecular complexity index is 537. The average Bonchev–Trinajstić information content (AvgIpc) is 2.57. The van der Waals surface area contributed by atoms with Crippen LogP contribution < -0.4 is 16.4 Å². The molecule has 0 aliphatic heterocycles. The maximum atomic E-state index is 12.0. The first-order valence-electron chi connectivity index (χ1n) is 8.32. The molecule has 0 aromatic heterocycles. The number of hydrogen-bond acceptors (Lipinski definition) is 3. The molecule has 5 nitrogen and oxygen atoms in total. The minimum Gasteiger partial charge on any atom is -0.351 e. The maximum absolute atomic E-state index is 12.0. The number of hydrogen-bond donors (Lipinski definition) is 3. The van der Waals surface area contributed by atoms with Gasteiger partial charge in [0.15, 0.2) is 0 Å². The zero-order valence-electron chi connectivity index (χ0n) is 15.0. The molecule has 0 saturated carbocycles. The van der Waals surface area contributed by atoms with Crippen molar-refractivity contribution in [2.24, 2.45) is 17.6 Å². The van der Waals surface area contributed by atoms with E-state index in [1.807, 2.05) is 52.0 Å². The van der Waals surface area contributed by atoms with Crippen molar-refractivity contribution < 1.29 is 9.59 Å². The molecule has 4 N–H and O–H groups in total. The molecule has 2 amide bonds. The van der Waals surface area contributed by atoms with Crippen LogP contribution in [0.3, 0.4) is 0 Å². The van der Waals surface area contributed by atoms with Crippen LogP contribution in [-0.4, -0.2) is 17.9 Å². The fraction of sp³-hybridized carbons (Fsp3) is 0.556. The van der Waals surface area contributed by atoms with Crippen molar-refractivity contribution in [2.45, 2.75) is 53.1 Å². The van der Waals surface area contributed by atoms with E-state index in [2.05, 4.69) is 10.6 Å². The molecule has 0 bridgehead atoms. The molecule has 0 fully saturated rings. The van der Waals surface area contributed by atoms with Crippen LogP contribution in [0.25, 0.3) is 0 Å². The molecule has 136 valence electrons. The summed E-state index contributed by atoms with van der Waals surface area (Å²) >= 11 is 0. The van der Waals surface area contributed by atoms with Gasteiger partial charge in [-0.2, -0.15) is 0 Å². The lowest BCUT2D eigenvalue weighted by molar-refractivity contribution is -0.123. The van der Waals surface area contributed by atoms with E-state index in [4.69, 9.17) is 5.73 Å². The van der Waals surface area contributed by atoms with E-state index < -0.39 is 6.04 Å². The average molecular weight is 356 g/mol. The van der Waals surface area contributed by atoms with Crippen LogP contribution in [-0.2, 0) is 16.1 Å². The second kappa shape index (κ2) is 11.0. The molecule has 0 aliphatic rings. The summed E-state index contributed by atoms with van der Waals surface area (Å²) in [5.74, 6) is -0.0103. The van der Waals surface area contributed by atoms with E-state index in [0.29, 0.717) is 6.54 Å². The summed E-state index contributed by atoms with van der Waals surface area (Å²) in [6.45, 7) is 8.26. The van der Waals surface area contributed by atoms with Gasteiger partial charge in [0.25, 0.3) is 0 Å². The number of carbonyl (C=O) groups excluding carboxylic acids is 2. The molecule has 0 saturated heterocycles. The van der Waals surface area contributed by atoms with Gasteiger partial charge in [0.2, 0.25) is 11.8 Å². The Hall–Kier alpha value is -1.59. The Balaban J connectivity index is 0.00000529. The van der Waals surface area contributed by atoms with Crippen molar-refractivity contribution in [3.05, 3.63) is 29.8 Å². The molecular weight excluding hydrogens is 326 g/mol. The third-order valence-electron chi connectivity index (χ3n) is 4.28. The predicted molar refractivity (Wildman–Crippen MR) is 101 cm³/mol. The Morgan fingerprint density at radius 2 is 1.79 bits per heavy atom. The van der Waals surface area contributed by atoms with Crippen LogP contribution in [0.4, 0.5) is 5.69 Å². The Morgan fingerprint density at radius 1 is 1.12 bits per heavy atom. The summed E-state index contributed by atoms with van der Waals surface area (Å²) in [6, 6.07) is 7.00. The van der Waals surface area contributed by atoms with Crippen LogP contribution in [0.2, 0.25) is 0 Å². The van der Waals surface area contributed by atoms with Gasteiger partial charge >= 0.3 is 0 Å². The van der Waals surface area contributed by atoms with Crippen molar-refractivity contribution in [3.63, 3.8) is 0 Å². The first kappa shape index (κ1) is 22.4. The van der Waals surface area contributed by atoms with Crippen LogP contribution in [0.5, 0.6) is 0 Å². The molecule has 1 rings (SSSR count). The van der Waals surface area contributed by atoms with Crippen LogP contribution in [0.1, 0.15) is 46.1 Å². The fourth-order valence-electron chi connectivity index (χ4n) is 2.03. The highest BCUT2D eigenvalue weighted by molar-refractivity contribution is 5.92. The number of benzene rings is 1. The van der Waals surface area contributed by atoms with E-state index in [1.54, 1.807) is 0 Å². The Labute approximate surface area is 151 Å². The van der Waals surface area contributed by atoms with Crippen molar-refractivity contribution in [1.29, 1.82) is 0 Å². The molecule has 0 radical (unpaired) electrons. The summed E-state index contributed by atoms with van der Waals surface area (Å²) in [4.78, 5) is 23.9. The van der Waals surface area contributed by atoms with Gasteiger partial charge in [-0.05, 0) is 30.0 Å². The second-order valence-corrected chi connectivity index (χ2v) is 6.13. The van der Waals surface area contributed by atoms with Crippen molar-refractivity contribution in [2.75, 3.05) is 5.32 Å². The smallest absolute Gasteiger partial charge is 0.237 e. The lowest BCUT2D eigenvalue weighted by Gasteiger charge is -2.18. The van der Waals surface area contributed by atoms with Gasteiger partial charge in [0.05, 0.1) is 6.04 Å². The minimum atomic E-state index is -0.492. The molecule has 0 heterocycles. The maximum Gasteiger partial charge on any atom is 0.237 e. The summed E-state index contributed by atoms with van der Waals surface area (Å²) in [5, 5.41) is 5.75. The molecule has 1 aromatic carbocycles. The first-order valence-corrected chi connectivity index (χ1v) is 8.32. The number of nitrogens with one attached hydrogen (secondary N) is 2. The zero-order valence-corrected chi connectivity index (χ0v) is 15.8. The van der Waals surface area contributed by atoms with E-state index in [1.165, 1.54) is 0 Å². The summed E-state index contributed by atoms with van der Waals surface area (Å²) < 4.78 is 0. The van der Waals surface area contributed by atoms with Gasteiger partial charge in [-0.3, -0.25) is 9.59 Å². The SMILES string of the molecule is CCC(C)C(=O)Nc1cccc(CNC(=O)C(N)C(C)CC)c1.Cl. The van der Waals surface area contributed by atoms with Gasteiger partial charge in [0, 0.05) is 18.2 Å². The van der Waals surface area contributed by atoms with Gasteiger partial charge in [-0.1, -0.05) is 46.2 Å². The van der Waals surface area contributed by atoms with E-state index in [0.717, 1.165) is 24.1 Å². The largest absolute Gasteiger partial charge is 0.351 e. The molecule has 1 aromatic rings. The normalized spacial score (nSPS) is 14.0. The Kier molecular flexibility index (Phi) is 10.3. The van der Waals surface area contributed by atoms with Gasteiger partial charge in [-0.15, -0.1) is 12.4 Å². The van der Waals surface area contributed by atoms with Gasteiger partial charge < -0.3 is 16.4 Å². The molecule has 6 heteroatoms. The fourth-order valence-corrected chi connectivity index (χ4v) is 2.03. The summed E-state index contributed by atoms with van der Waals surface area (Å²) in [7, 11) is 0. The lowest BCUT2D eigenvalue weighted by atomic mass is 9.99. The quantitative estimate of drug-likeness (QED) is 0.670. The molecule has 3 atom stereocenters. The summed E-state index contributed by atoms with van der Waals surface area (Å²) in [5.41, 5.74) is 7.58.